The van der Waals surface area contributed by atoms with Crippen LogP contribution in [0.25, 0.3) is 11.0 Å². The molecule has 0 amide bonds. The van der Waals surface area contributed by atoms with Gasteiger partial charge in [-0.2, -0.15) is 0 Å². The molecular weight excluding hydrogens is 284 g/mol. The standard InChI is InChI=1S/C17H23ClN2O/c1-3-6-12-11-14(12)20-13-7-5-8-15(21-4-2)17(13)19-16(20)9-10-18/h5,7-8,12,14H,3-4,6,9-11H2,1-2H3. The number of benzene rings is 1. The van der Waals surface area contributed by atoms with Gasteiger partial charge in [0.05, 0.1) is 12.1 Å². The summed E-state index contributed by atoms with van der Waals surface area (Å²) in [5.74, 6) is 3.41. The third kappa shape index (κ3) is 2.76. The van der Waals surface area contributed by atoms with Crippen molar-refractivity contribution >= 4 is 22.6 Å². The van der Waals surface area contributed by atoms with Gasteiger partial charge in [0.25, 0.3) is 0 Å². The number of alkyl halides is 1. The molecular formula is C17H23ClN2O. The molecule has 0 aliphatic heterocycles. The zero-order chi connectivity index (χ0) is 14.8. The maximum Gasteiger partial charge on any atom is 0.147 e. The number of hydrogen-bond donors (Lipinski definition) is 0. The van der Waals surface area contributed by atoms with Gasteiger partial charge in [-0.1, -0.05) is 19.4 Å². The first kappa shape index (κ1) is 14.7. The van der Waals surface area contributed by atoms with Crippen molar-refractivity contribution < 1.29 is 4.74 Å². The molecule has 1 saturated carbocycles. The van der Waals surface area contributed by atoms with Crippen LogP contribution in [0.15, 0.2) is 18.2 Å². The van der Waals surface area contributed by atoms with Crippen molar-refractivity contribution in [2.75, 3.05) is 12.5 Å². The Morgan fingerprint density at radius 3 is 2.95 bits per heavy atom. The summed E-state index contributed by atoms with van der Waals surface area (Å²) >= 11 is 5.97. The van der Waals surface area contributed by atoms with Crippen LogP contribution < -0.4 is 4.74 Å². The fourth-order valence-corrected chi connectivity index (χ4v) is 3.44. The second kappa shape index (κ2) is 6.27. The quantitative estimate of drug-likeness (QED) is 0.700. The predicted molar refractivity (Wildman–Crippen MR) is 87.4 cm³/mol. The smallest absolute Gasteiger partial charge is 0.147 e. The molecule has 0 bridgehead atoms. The van der Waals surface area contributed by atoms with Crippen molar-refractivity contribution in [1.29, 1.82) is 0 Å². The van der Waals surface area contributed by atoms with Crippen LogP contribution in [0.2, 0.25) is 0 Å². The Bertz CT molecular complexity index is 623. The highest BCUT2D eigenvalue weighted by atomic mass is 35.5. The molecule has 1 aromatic heterocycles. The first-order chi connectivity index (χ1) is 10.3. The number of rotatable bonds is 7. The fourth-order valence-electron chi connectivity index (χ4n) is 3.27. The lowest BCUT2D eigenvalue weighted by Crippen LogP contribution is -2.04. The van der Waals surface area contributed by atoms with E-state index in [1.165, 1.54) is 24.8 Å². The maximum atomic E-state index is 5.97. The highest BCUT2D eigenvalue weighted by Crippen LogP contribution is 2.48. The van der Waals surface area contributed by atoms with Crippen LogP contribution in [0.3, 0.4) is 0 Å². The SMILES string of the molecule is CCCC1CC1n1c(CCCl)nc2c(OCC)cccc21. The number of aromatic nitrogens is 2. The van der Waals surface area contributed by atoms with Crippen molar-refractivity contribution in [2.45, 2.75) is 45.6 Å². The van der Waals surface area contributed by atoms with Gasteiger partial charge in [0.15, 0.2) is 0 Å². The summed E-state index contributed by atoms with van der Waals surface area (Å²) in [6.07, 6.45) is 4.64. The van der Waals surface area contributed by atoms with Gasteiger partial charge in [0.2, 0.25) is 0 Å². The molecule has 1 heterocycles. The van der Waals surface area contributed by atoms with Crippen LogP contribution in [0, 0.1) is 5.92 Å². The lowest BCUT2D eigenvalue weighted by Gasteiger charge is -2.08. The van der Waals surface area contributed by atoms with Crippen LogP contribution in [-0.2, 0) is 6.42 Å². The van der Waals surface area contributed by atoms with Crippen LogP contribution in [-0.4, -0.2) is 22.0 Å². The molecule has 3 nitrogen and oxygen atoms in total. The van der Waals surface area contributed by atoms with Crippen molar-refractivity contribution in [1.82, 2.24) is 9.55 Å². The second-order valence-electron chi connectivity index (χ2n) is 5.75. The molecule has 3 rings (SSSR count). The average Bonchev–Trinajstić information content (AvgIpc) is 3.12. The van der Waals surface area contributed by atoms with Gasteiger partial charge in [-0.25, -0.2) is 4.98 Å². The van der Waals surface area contributed by atoms with E-state index in [2.05, 4.69) is 23.6 Å². The number of nitrogens with zero attached hydrogens (tertiary/aromatic N) is 2. The molecule has 1 aliphatic carbocycles. The molecule has 0 saturated heterocycles. The van der Waals surface area contributed by atoms with Crippen LogP contribution in [0.5, 0.6) is 5.75 Å². The molecule has 1 aromatic carbocycles. The zero-order valence-corrected chi connectivity index (χ0v) is 13.6. The molecule has 0 N–H and O–H groups in total. The Morgan fingerprint density at radius 1 is 1.38 bits per heavy atom. The van der Waals surface area contributed by atoms with E-state index in [0.717, 1.165) is 29.4 Å². The molecule has 2 atom stereocenters. The lowest BCUT2D eigenvalue weighted by atomic mass is 10.2. The molecule has 1 aliphatic rings. The van der Waals surface area contributed by atoms with Crippen molar-refractivity contribution in [3.05, 3.63) is 24.0 Å². The van der Waals surface area contributed by atoms with Gasteiger partial charge in [0.1, 0.15) is 17.1 Å². The molecule has 4 heteroatoms. The Kier molecular flexibility index (Phi) is 4.39. The van der Waals surface area contributed by atoms with Crippen molar-refractivity contribution in [3.8, 4) is 5.75 Å². The van der Waals surface area contributed by atoms with Gasteiger partial charge < -0.3 is 9.30 Å². The third-order valence-electron chi connectivity index (χ3n) is 4.25. The summed E-state index contributed by atoms with van der Waals surface area (Å²) in [4.78, 5) is 4.83. The molecule has 2 aromatic rings. The van der Waals surface area contributed by atoms with Gasteiger partial charge in [-0.3, -0.25) is 0 Å². The maximum absolute atomic E-state index is 5.97. The highest BCUT2D eigenvalue weighted by molar-refractivity contribution is 6.17. The zero-order valence-electron chi connectivity index (χ0n) is 12.8. The van der Waals surface area contributed by atoms with E-state index < -0.39 is 0 Å². The topological polar surface area (TPSA) is 27.1 Å². The minimum Gasteiger partial charge on any atom is -0.492 e. The van der Waals surface area contributed by atoms with Crippen LogP contribution in [0.4, 0.5) is 0 Å². The summed E-state index contributed by atoms with van der Waals surface area (Å²) in [6, 6.07) is 6.83. The number of halogens is 1. The first-order valence-corrected chi connectivity index (χ1v) is 8.52. The van der Waals surface area contributed by atoms with Crippen molar-refractivity contribution in [2.24, 2.45) is 5.92 Å². The summed E-state index contributed by atoms with van der Waals surface area (Å²) in [5.41, 5.74) is 2.19. The highest BCUT2D eigenvalue weighted by Gasteiger charge is 2.39. The summed E-state index contributed by atoms with van der Waals surface area (Å²) in [6.45, 7) is 4.93. The summed E-state index contributed by atoms with van der Waals surface area (Å²) in [7, 11) is 0. The summed E-state index contributed by atoms with van der Waals surface area (Å²) in [5, 5.41) is 0. The Hall–Kier alpha value is -1.22. The predicted octanol–water partition coefficient (Wildman–Crippen LogP) is 4.58. The molecule has 0 spiro atoms. The molecule has 21 heavy (non-hydrogen) atoms. The monoisotopic (exact) mass is 306 g/mol. The minimum absolute atomic E-state index is 0.602. The van der Waals surface area contributed by atoms with Gasteiger partial charge in [0, 0.05) is 18.3 Å². The molecule has 1 fully saturated rings. The number of aryl methyl sites for hydroxylation is 1. The lowest BCUT2D eigenvalue weighted by molar-refractivity contribution is 0.343. The Labute approximate surface area is 131 Å². The molecule has 2 unspecified atom stereocenters. The fraction of sp³-hybridized carbons (Fsp3) is 0.588. The Morgan fingerprint density at radius 2 is 2.24 bits per heavy atom. The largest absolute Gasteiger partial charge is 0.492 e. The van der Waals surface area contributed by atoms with E-state index in [4.69, 9.17) is 21.3 Å². The minimum atomic E-state index is 0.602. The number of ether oxygens (including phenoxy) is 1. The van der Waals surface area contributed by atoms with Gasteiger partial charge in [-0.15, -0.1) is 11.6 Å². The number of fused-ring (bicyclic) bond motifs is 1. The van der Waals surface area contributed by atoms with E-state index in [-0.39, 0.29) is 0 Å². The van der Waals surface area contributed by atoms with Crippen molar-refractivity contribution in [3.63, 3.8) is 0 Å². The third-order valence-corrected chi connectivity index (χ3v) is 4.44. The van der Waals surface area contributed by atoms with Crippen LogP contribution >= 0.6 is 11.6 Å². The van der Waals surface area contributed by atoms with E-state index in [1.807, 2.05) is 13.0 Å². The number of para-hydroxylation sites is 1. The molecule has 0 radical (unpaired) electrons. The Balaban J connectivity index is 2.04. The first-order valence-electron chi connectivity index (χ1n) is 7.98. The second-order valence-corrected chi connectivity index (χ2v) is 6.12. The normalized spacial score (nSPS) is 20.9. The summed E-state index contributed by atoms with van der Waals surface area (Å²) < 4.78 is 8.15. The van der Waals surface area contributed by atoms with E-state index in [1.54, 1.807) is 0 Å². The van der Waals surface area contributed by atoms with E-state index in [0.29, 0.717) is 18.5 Å². The molecule has 114 valence electrons. The van der Waals surface area contributed by atoms with E-state index >= 15 is 0 Å². The van der Waals surface area contributed by atoms with Crippen LogP contribution in [0.1, 0.15) is 45.0 Å². The van der Waals surface area contributed by atoms with Gasteiger partial charge in [-0.05, 0) is 37.8 Å². The van der Waals surface area contributed by atoms with E-state index in [9.17, 15) is 0 Å². The van der Waals surface area contributed by atoms with Gasteiger partial charge >= 0.3 is 0 Å². The number of imidazole rings is 1. The average molecular weight is 307 g/mol. The number of hydrogen-bond acceptors (Lipinski definition) is 2.